The van der Waals surface area contributed by atoms with E-state index < -0.39 is 0 Å². The second-order valence-electron chi connectivity index (χ2n) is 4.53. The summed E-state index contributed by atoms with van der Waals surface area (Å²) in [6, 6.07) is 8.81. The van der Waals surface area contributed by atoms with Gasteiger partial charge in [-0.3, -0.25) is 0 Å². The lowest BCUT2D eigenvalue weighted by Crippen LogP contribution is -2.13. The monoisotopic (exact) mass is 265 g/mol. The molecule has 0 saturated carbocycles. The molecular weight excluding hydrogens is 234 g/mol. The van der Waals surface area contributed by atoms with Gasteiger partial charge >= 0.3 is 0 Å². The van der Waals surface area contributed by atoms with Gasteiger partial charge in [0.25, 0.3) is 0 Å². The Bertz CT molecular complexity index is 308. The van der Waals surface area contributed by atoms with Crippen LogP contribution in [0, 0.1) is 0 Å². The molecule has 3 nitrogen and oxygen atoms in total. The van der Waals surface area contributed by atoms with E-state index in [2.05, 4.69) is 41.5 Å². The first-order chi connectivity index (χ1) is 9.21. The Labute approximate surface area is 119 Å². The maximum absolute atomic E-state index is 4.85. The third-order valence-corrected chi connectivity index (χ3v) is 3.06. The highest BCUT2D eigenvalue weighted by atomic mass is 15.1. The zero-order valence-corrected chi connectivity index (χ0v) is 13.2. The summed E-state index contributed by atoms with van der Waals surface area (Å²) in [5.74, 6) is 0.742. The van der Waals surface area contributed by atoms with E-state index in [-0.39, 0.29) is 0 Å². The standard InChI is InChI=1S/C12H18N2.C2H7N.C2H6/c1-13-12-5-3-10(4-6-12)11-7-8-14(2)9-11;1-2-3;1-2/h3-6,11,13H,7-9H2,1-2H3;2-3H2,1H3;1-2H3. The first-order valence-electron chi connectivity index (χ1n) is 7.37. The quantitative estimate of drug-likeness (QED) is 0.863. The molecule has 0 aliphatic carbocycles. The van der Waals surface area contributed by atoms with Crippen molar-refractivity contribution >= 4 is 5.69 Å². The molecule has 1 atom stereocenters. The van der Waals surface area contributed by atoms with Crippen molar-refractivity contribution in [2.45, 2.75) is 33.1 Å². The molecule has 1 aliphatic rings. The number of nitrogens with one attached hydrogen (secondary N) is 1. The number of nitrogens with two attached hydrogens (primary N) is 1. The molecule has 3 N–H and O–H groups in total. The van der Waals surface area contributed by atoms with Crippen molar-refractivity contribution in [3.05, 3.63) is 29.8 Å². The second-order valence-corrected chi connectivity index (χ2v) is 4.53. The van der Waals surface area contributed by atoms with Crippen molar-refractivity contribution in [3.8, 4) is 0 Å². The average Bonchev–Trinajstić information content (AvgIpc) is 2.89. The van der Waals surface area contributed by atoms with Gasteiger partial charge in [-0.1, -0.05) is 32.9 Å². The van der Waals surface area contributed by atoms with Crippen LogP contribution in [0.25, 0.3) is 0 Å². The number of nitrogens with zero attached hydrogens (tertiary/aromatic N) is 1. The Morgan fingerprint density at radius 1 is 1.26 bits per heavy atom. The average molecular weight is 265 g/mol. The molecule has 0 aromatic heterocycles. The lowest BCUT2D eigenvalue weighted by molar-refractivity contribution is 0.411. The summed E-state index contributed by atoms with van der Waals surface area (Å²) < 4.78 is 0. The molecule has 0 amide bonds. The van der Waals surface area contributed by atoms with Gasteiger partial charge < -0.3 is 16.0 Å². The van der Waals surface area contributed by atoms with E-state index in [1.807, 2.05) is 27.8 Å². The van der Waals surface area contributed by atoms with Gasteiger partial charge in [-0.05, 0) is 50.2 Å². The Morgan fingerprint density at radius 3 is 2.16 bits per heavy atom. The van der Waals surface area contributed by atoms with Crippen molar-refractivity contribution in [2.75, 3.05) is 39.0 Å². The molecule has 2 rings (SSSR count). The Morgan fingerprint density at radius 2 is 1.79 bits per heavy atom. The molecule has 0 radical (unpaired) electrons. The topological polar surface area (TPSA) is 41.3 Å². The van der Waals surface area contributed by atoms with E-state index in [9.17, 15) is 0 Å². The summed E-state index contributed by atoms with van der Waals surface area (Å²) in [5.41, 5.74) is 7.52. The molecule has 110 valence electrons. The third-order valence-electron chi connectivity index (χ3n) is 3.06. The summed E-state index contributed by atoms with van der Waals surface area (Å²) in [6.07, 6.45) is 1.30. The van der Waals surface area contributed by atoms with E-state index in [1.165, 1.54) is 30.8 Å². The van der Waals surface area contributed by atoms with Crippen molar-refractivity contribution < 1.29 is 0 Å². The van der Waals surface area contributed by atoms with Gasteiger partial charge in [-0.2, -0.15) is 0 Å². The highest BCUT2D eigenvalue weighted by molar-refractivity contribution is 5.44. The van der Waals surface area contributed by atoms with Crippen LogP contribution in [0.3, 0.4) is 0 Å². The first-order valence-corrected chi connectivity index (χ1v) is 7.37. The van der Waals surface area contributed by atoms with Crippen LogP contribution in [-0.2, 0) is 0 Å². The van der Waals surface area contributed by atoms with Gasteiger partial charge in [0.05, 0.1) is 0 Å². The highest BCUT2D eigenvalue weighted by Gasteiger charge is 2.20. The molecule has 1 fully saturated rings. The third kappa shape index (κ3) is 6.60. The van der Waals surface area contributed by atoms with E-state index in [4.69, 9.17) is 5.73 Å². The lowest BCUT2D eigenvalue weighted by atomic mass is 9.98. The van der Waals surface area contributed by atoms with Crippen LogP contribution >= 0.6 is 0 Å². The van der Waals surface area contributed by atoms with Gasteiger partial charge in [0.15, 0.2) is 0 Å². The normalized spacial score (nSPS) is 17.9. The van der Waals surface area contributed by atoms with Gasteiger partial charge in [-0.25, -0.2) is 0 Å². The number of likely N-dealkylation sites (N-methyl/N-ethyl adjacent to an activating group) is 1. The van der Waals surface area contributed by atoms with Crippen LogP contribution in [-0.4, -0.2) is 38.6 Å². The van der Waals surface area contributed by atoms with E-state index >= 15 is 0 Å². The van der Waals surface area contributed by atoms with E-state index in [0.29, 0.717) is 0 Å². The summed E-state index contributed by atoms with van der Waals surface area (Å²) in [4.78, 5) is 2.40. The SMILES string of the molecule is CC.CCN.CNc1ccc(C2CCN(C)C2)cc1. The minimum absolute atomic E-state index is 0.742. The predicted molar refractivity (Wildman–Crippen MR) is 86.9 cm³/mol. The number of likely N-dealkylation sites (tertiary alicyclic amines) is 1. The maximum Gasteiger partial charge on any atom is 0.0337 e. The van der Waals surface area contributed by atoms with Crippen LogP contribution in [0.2, 0.25) is 0 Å². The summed E-state index contributed by atoms with van der Waals surface area (Å²) in [5, 5.41) is 3.14. The molecule has 1 aromatic rings. The predicted octanol–water partition coefficient (Wildman–Crippen LogP) is 3.14. The second kappa shape index (κ2) is 10.8. The Balaban J connectivity index is 0.000000573. The lowest BCUT2D eigenvalue weighted by Gasteiger charge is -2.11. The molecule has 3 heteroatoms. The van der Waals surface area contributed by atoms with E-state index in [1.54, 1.807) is 0 Å². The minimum Gasteiger partial charge on any atom is -0.388 e. The molecule has 0 spiro atoms. The number of hydrogen-bond donors (Lipinski definition) is 2. The molecule has 19 heavy (non-hydrogen) atoms. The largest absolute Gasteiger partial charge is 0.388 e. The van der Waals surface area contributed by atoms with Crippen molar-refractivity contribution in [1.29, 1.82) is 0 Å². The van der Waals surface area contributed by atoms with Gasteiger partial charge in [-0.15, -0.1) is 0 Å². The fourth-order valence-corrected chi connectivity index (χ4v) is 2.13. The molecule has 1 aliphatic heterocycles. The number of hydrogen-bond acceptors (Lipinski definition) is 3. The van der Waals surface area contributed by atoms with Crippen LogP contribution < -0.4 is 11.1 Å². The van der Waals surface area contributed by atoms with Crippen molar-refractivity contribution in [1.82, 2.24) is 4.90 Å². The smallest absolute Gasteiger partial charge is 0.0337 e. The fourth-order valence-electron chi connectivity index (χ4n) is 2.13. The molecule has 1 unspecified atom stereocenters. The molecule has 1 heterocycles. The van der Waals surface area contributed by atoms with Crippen molar-refractivity contribution in [3.63, 3.8) is 0 Å². The molecule has 0 bridgehead atoms. The number of benzene rings is 1. The van der Waals surface area contributed by atoms with Gasteiger partial charge in [0.1, 0.15) is 0 Å². The minimum atomic E-state index is 0.742. The Kier molecular flexibility index (Phi) is 10.2. The van der Waals surface area contributed by atoms with Crippen LogP contribution in [0.15, 0.2) is 24.3 Å². The zero-order chi connectivity index (χ0) is 14.7. The van der Waals surface area contributed by atoms with Crippen LogP contribution in [0.5, 0.6) is 0 Å². The van der Waals surface area contributed by atoms with Gasteiger partial charge in [0.2, 0.25) is 0 Å². The number of anilines is 1. The highest BCUT2D eigenvalue weighted by Crippen LogP contribution is 2.26. The fraction of sp³-hybridized carbons (Fsp3) is 0.625. The van der Waals surface area contributed by atoms with E-state index in [0.717, 1.165) is 12.5 Å². The zero-order valence-electron chi connectivity index (χ0n) is 13.2. The van der Waals surface area contributed by atoms with Gasteiger partial charge in [0, 0.05) is 19.3 Å². The molecule has 1 saturated heterocycles. The summed E-state index contributed by atoms with van der Waals surface area (Å²) in [6.45, 7) is 9.09. The molecular formula is C16H31N3. The first kappa shape index (κ1) is 17.9. The summed E-state index contributed by atoms with van der Waals surface area (Å²) in [7, 11) is 4.15. The summed E-state index contributed by atoms with van der Waals surface area (Å²) >= 11 is 0. The Hall–Kier alpha value is -1.06. The van der Waals surface area contributed by atoms with Crippen molar-refractivity contribution in [2.24, 2.45) is 5.73 Å². The van der Waals surface area contributed by atoms with Crippen LogP contribution in [0.1, 0.15) is 38.7 Å². The molecule has 1 aromatic carbocycles. The number of rotatable bonds is 2. The maximum atomic E-state index is 4.85. The van der Waals surface area contributed by atoms with Crippen LogP contribution in [0.4, 0.5) is 5.69 Å².